The van der Waals surface area contributed by atoms with Crippen LogP contribution in [0.2, 0.25) is 0 Å². The summed E-state index contributed by atoms with van der Waals surface area (Å²) < 4.78 is 5.06. The average molecular weight is 320 g/mol. The summed E-state index contributed by atoms with van der Waals surface area (Å²) in [7, 11) is 0. The highest BCUT2D eigenvalue weighted by Gasteiger charge is 2.15. The van der Waals surface area contributed by atoms with Crippen molar-refractivity contribution in [3.05, 3.63) is 34.5 Å². The summed E-state index contributed by atoms with van der Waals surface area (Å²) in [6.45, 7) is 5.56. The fourth-order valence-electron chi connectivity index (χ4n) is 1.56. The lowest BCUT2D eigenvalue weighted by atomic mass is 10.2. The first-order valence-corrected chi connectivity index (χ1v) is 7.02. The number of nitrogens with zero attached hydrogens (tertiary/aromatic N) is 4. The molecule has 23 heavy (non-hydrogen) atoms. The van der Waals surface area contributed by atoms with Crippen LogP contribution in [-0.2, 0) is 16.1 Å². The van der Waals surface area contributed by atoms with Crippen molar-refractivity contribution < 1.29 is 14.3 Å². The third kappa shape index (κ3) is 8.27. The zero-order chi connectivity index (χ0) is 17.3. The van der Waals surface area contributed by atoms with Gasteiger partial charge in [-0.2, -0.15) is 0 Å². The van der Waals surface area contributed by atoms with Crippen molar-refractivity contribution in [2.45, 2.75) is 39.3 Å². The third-order valence-electron chi connectivity index (χ3n) is 2.42. The molecule has 0 radical (unpaired) electrons. The summed E-state index contributed by atoms with van der Waals surface area (Å²) >= 11 is 0. The molecule has 0 bridgehead atoms. The smallest absolute Gasteiger partial charge is 0.407 e. The number of carbonyl (C=O) groups excluding carboxylic acids is 2. The molecule has 1 heterocycles. The quantitative estimate of drug-likeness (QED) is 0.474. The third-order valence-corrected chi connectivity index (χ3v) is 2.42. The van der Waals surface area contributed by atoms with E-state index in [4.69, 9.17) is 10.3 Å². The number of pyridine rings is 1. The van der Waals surface area contributed by atoms with Crippen LogP contribution >= 0.6 is 0 Å². The Morgan fingerprint density at radius 3 is 2.83 bits per heavy atom. The number of nitrogens with one attached hydrogen (secondary N) is 2. The molecule has 0 saturated carbocycles. The van der Waals surface area contributed by atoms with Crippen LogP contribution in [0.3, 0.4) is 0 Å². The van der Waals surface area contributed by atoms with Crippen LogP contribution in [0.25, 0.3) is 10.4 Å². The van der Waals surface area contributed by atoms with Gasteiger partial charge < -0.3 is 15.4 Å². The van der Waals surface area contributed by atoms with Crippen molar-refractivity contribution in [3.63, 3.8) is 0 Å². The second-order valence-corrected chi connectivity index (χ2v) is 5.65. The Bertz CT molecular complexity index is 605. The Balaban J connectivity index is 2.39. The van der Waals surface area contributed by atoms with Gasteiger partial charge in [-0.1, -0.05) is 5.11 Å². The summed E-state index contributed by atoms with van der Waals surface area (Å²) in [6, 6.07) is 3.24. The molecule has 2 amide bonds. The van der Waals surface area contributed by atoms with Gasteiger partial charge >= 0.3 is 6.09 Å². The molecule has 2 N–H and O–H groups in total. The van der Waals surface area contributed by atoms with Gasteiger partial charge in [-0.15, -0.1) is 0 Å². The number of carbonyl (C=O) groups is 2. The summed E-state index contributed by atoms with van der Waals surface area (Å²) in [5.74, 6) is -0.262. The molecule has 0 unspecified atom stereocenters. The topological polar surface area (TPSA) is 129 Å². The summed E-state index contributed by atoms with van der Waals surface area (Å²) in [5, 5.41) is 8.58. The van der Waals surface area contributed by atoms with E-state index in [1.54, 1.807) is 32.9 Å². The fraction of sp³-hybridized carbons (Fsp3) is 0.500. The number of anilines is 1. The fourth-order valence-corrected chi connectivity index (χ4v) is 1.56. The van der Waals surface area contributed by atoms with Gasteiger partial charge in [0.15, 0.2) is 0 Å². The van der Waals surface area contributed by atoms with E-state index in [-0.39, 0.29) is 25.4 Å². The molecule has 0 saturated heterocycles. The van der Waals surface area contributed by atoms with E-state index in [1.807, 2.05) is 0 Å². The molecular weight excluding hydrogens is 300 g/mol. The molecule has 9 heteroatoms. The van der Waals surface area contributed by atoms with Crippen molar-refractivity contribution in [2.75, 3.05) is 11.9 Å². The van der Waals surface area contributed by atoms with Gasteiger partial charge in [0.05, 0.1) is 6.54 Å². The molecule has 0 aromatic carbocycles. The lowest BCUT2D eigenvalue weighted by Crippen LogP contribution is -2.34. The van der Waals surface area contributed by atoms with E-state index in [9.17, 15) is 9.59 Å². The van der Waals surface area contributed by atoms with Crippen molar-refractivity contribution >= 4 is 17.7 Å². The minimum absolute atomic E-state index is 0.104. The Labute approximate surface area is 134 Å². The van der Waals surface area contributed by atoms with Gasteiger partial charge in [0.1, 0.15) is 5.60 Å². The number of hydrogen-bond acceptors (Lipinski definition) is 5. The predicted octanol–water partition coefficient (Wildman–Crippen LogP) is 2.75. The maximum absolute atomic E-state index is 11.8. The molecular formula is C14H20N6O3. The highest BCUT2D eigenvalue weighted by molar-refractivity contribution is 5.91. The molecule has 0 aliphatic rings. The van der Waals surface area contributed by atoms with E-state index < -0.39 is 11.7 Å². The highest BCUT2D eigenvalue weighted by atomic mass is 16.6. The van der Waals surface area contributed by atoms with Gasteiger partial charge in [0.25, 0.3) is 0 Å². The van der Waals surface area contributed by atoms with Crippen LogP contribution in [0.1, 0.15) is 32.9 Å². The normalized spacial score (nSPS) is 10.4. The molecule has 0 fully saturated rings. The SMILES string of the molecule is CC(C)(C)OC(=O)NCCC(=O)Nc1ccnc(CN=[N+]=[N-])c1. The summed E-state index contributed by atoms with van der Waals surface area (Å²) in [6.07, 6.45) is 1.05. The minimum Gasteiger partial charge on any atom is -0.444 e. The van der Waals surface area contributed by atoms with E-state index >= 15 is 0 Å². The van der Waals surface area contributed by atoms with Gasteiger partial charge in [-0.05, 0) is 38.4 Å². The monoisotopic (exact) mass is 320 g/mol. The Morgan fingerprint density at radius 2 is 2.17 bits per heavy atom. The molecule has 1 aromatic rings. The molecule has 9 nitrogen and oxygen atoms in total. The maximum Gasteiger partial charge on any atom is 0.407 e. The van der Waals surface area contributed by atoms with Crippen LogP contribution in [-0.4, -0.2) is 29.1 Å². The van der Waals surface area contributed by atoms with Crippen LogP contribution < -0.4 is 10.6 Å². The van der Waals surface area contributed by atoms with Crippen LogP contribution in [0.15, 0.2) is 23.4 Å². The van der Waals surface area contributed by atoms with Crippen LogP contribution in [0.5, 0.6) is 0 Å². The highest BCUT2D eigenvalue weighted by Crippen LogP contribution is 2.09. The molecule has 124 valence electrons. The first kappa shape index (κ1) is 18.2. The number of alkyl carbamates (subject to hydrolysis) is 1. The van der Waals surface area contributed by atoms with Gasteiger partial charge in [0, 0.05) is 35.5 Å². The van der Waals surface area contributed by atoms with Crippen molar-refractivity contribution in [1.82, 2.24) is 10.3 Å². The van der Waals surface area contributed by atoms with Crippen molar-refractivity contribution in [2.24, 2.45) is 5.11 Å². The Kier molecular flexibility index (Phi) is 6.82. The first-order chi connectivity index (χ1) is 10.8. The van der Waals surface area contributed by atoms with Crippen LogP contribution in [0.4, 0.5) is 10.5 Å². The zero-order valence-corrected chi connectivity index (χ0v) is 13.4. The summed E-state index contributed by atoms with van der Waals surface area (Å²) in [5.41, 5.74) is 8.79. The van der Waals surface area contributed by atoms with Gasteiger partial charge in [-0.25, -0.2) is 4.79 Å². The molecule has 1 rings (SSSR count). The zero-order valence-electron chi connectivity index (χ0n) is 13.4. The lowest BCUT2D eigenvalue weighted by Gasteiger charge is -2.19. The van der Waals surface area contributed by atoms with Gasteiger partial charge in [0.2, 0.25) is 5.91 Å². The van der Waals surface area contributed by atoms with E-state index in [0.29, 0.717) is 11.4 Å². The minimum atomic E-state index is -0.578. The molecule has 0 atom stereocenters. The van der Waals surface area contributed by atoms with E-state index in [0.717, 1.165) is 0 Å². The second kappa shape index (κ2) is 8.60. The molecule has 0 aliphatic heterocycles. The van der Waals surface area contributed by atoms with E-state index in [2.05, 4.69) is 25.6 Å². The lowest BCUT2D eigenvalue weighted by molar-refractivity contribution is -0.116. The van der Waals surface area contributed by atoms with Crippen molar-refractivity contribution in [3.8, 4) is 0 Å². The first-order valence-electron chi connectivity index (χ1n) is 7.02. The molecule has 0 aliphatic carbocycles. The number of aromatic nitrogens is 1. The number of hydrogen-bond donors (Lipinski definition) is 2. The molecule has 1 aromatic heterocycles. The predicted molar refractivity (Wildman–Crippen MR) is 84.6 cm³/mol. The number of azide groups is 1. The van der Waals surface area contributed by atoms with E-state index in [1.165, 1.54) is 6.20 Å². The van der Waals surface area contributed by atoms with Crippen molar-refractivity contribution in [1.29, 1.82) is 0 Å². The molecule has 0 spiro atoms. The van der Waals surface area contributed by atoms with Crippen LogP contribution in [0, 0.1) is 0 Å². The second-order valence-electron chi connectivity index (χ2n) is 5.65. The number of rotatable bonds is 6. The average Bonchev–Trinajstić information content (AvgIpc) is 2.43. The largest absolute Gasteiger partial charge is 0.444 e. The standard InChI is InChI=1S/C14H20N6O3/c1-14(2,3)23-13(22)17-7-5-12(21)19-10-4-6-16-11(8-10)9-18-20-15/h4,6,8H,5,7,9H2,1-3H3,(H,17,22)(H,16,19,21). The maximum atomic E-state index is 11.8. The number of ether oxygens (including phenoxy) is 1. The summed E-state index contributed by atoms with van der Waals surface area (Å²) in [4.78, 5) is 29.9. The number of amides is 2. The Morgan fingerprint density at radius 1 is 1.43 bits per heavy atom. The Hall–Kier alpha value is -2.80. The van der Waals surface area contributed by atoms with Gasteiger partial charge in [-0.3, -0.25) is 9.78 Å².